The molecule has 1 atom stereocenters. The maximum Gasteiger partial charge on any atom is 0.343 e. The molecule has 0 aliphatic carbocycles. The number of carbonyl (C=O) groups is 1. The van der Waals surface area contributed by atoms with E-state index in [2.05, 4.69) is 20.8 Å². The van der Waals surface area contributed by atoms with E-state index in [9.17, 15) is 4.79 Å². The van der Waals surface area contributed by atoms with Crippen LogP contribution in [0.5, 0.6) is 17.2 Å². The highest BCUT2D eigenvalue weighted by atomic mass is 16.5. The van der Waals surface area contributed by atoms with Crippen LogP contribution in [0.4, 0.5) is 0 Å². The number of ether oxygens (including phenoxy) is 3. The molecule has 0 heterocycles. The second-order valence-corrected chi connectivity index (χ2v) is 9.03. The lowest BCUT2D eigenvalue weighted by Gasteiger charge is -2.11. The minimum absolute atomic E-state index is 0.376. The number of benzene rings is 3. The third-order valence-electron chi connectivity index (χ3n) is 6.08. The van der Waals surface area contributed by atoms with Gasteiger partial charge < -0.3 is 14.2 Å². The lowest BCUT2D eigenvalue weighted by atomic mass is 10.1. The Labute approximate surface area is 204 Å². The van der Waals surface area contributed by atoms with Gasteiger partial charge in [0.1, 0.15) is 17.2 Å². The summed E-state index contributed by atoms with van der Waals surface area (Å²) in [4.78, 5) is 12.7. The zero-order chi connectivity index (χ0) is 24.2. The van der Waals surface area contributed by atoms with E-state index in [0.717, 1.165) is 41.7 Å². The van der Waals surface area contributed by atoms with E-state index in [-0.39, 0.29) is 5.97 Å². The molecule has 182 valence electrons. The van der Waals surface area contributed by atoms with Crippen molar-refractivity contribution in [1.29, 1.82) is 0 Å². The highest BCUT2D eigenvalue weighted by Gasteiger charge is 2.10. The summed E-state index contributed by atoms with van der Waals surface area (Å²) in [5, 5.41) is 2.02. The van der Waals surface area contributed by atoms with Crippen LogP contribution in [0.2, 0.25) is 0 Å². The van der Waals surface area contributed by atoms with E-state index in [1.54, 1.807) is 18.2 Å². The summed E-state index contributed by atoms with van der Waals surface area (Å²) >= 11 is 0. The van der Waals surface area contributed by atoms with Gasteiger partial charge in [-0.2, -0.15) is 0 Å². The van der Waals surface area contributed by atoms with E-state index in [1.165, 1.54) is 32.1 Å². The molecule has 3 aromatic rings. The van der Waals surface area contributed by atoms with Gasteiger partial charge in [-0.15, -0.1) is 0 Å². The van der Waals surface area contributed by atoms with Gasteiger partial charge >= 0.3 is 5.97 Å². The SMILES string of the molecule is CCCCCCCCOc1ccc2cc(C(=O)Oc3ccc(OCC(C)CC)cc3)ccc2c1. The van der Waals surface area contributed by atoms with Gasteiger partial charge in [-0.3, -0.25) is 0 Å². The first-order valence-electron chi connectivity index (χ1n) is 12.7. The van der Waals surface area contributed by atoms with Crippen LogP contribution in [0.3, 0.4) is 0 Å². The summed E-state index contributed by atoms with van der Waals surface area (Å²) < 4.78 is 17.2. The molecule has 0 amide bonds. The maximum atomic E-state index is 12.7. The zero-order valence-corrected chi connectivity index (χ0v) is 20.8. The molecule has 0 fully saturated rings. The molecular formula is C30H38O4. The fraction of sp³-hybridized carbons (Fsp3) is 0.433. The molecule has 4 nitrogen and oxygen atoms in total. The summed E-state index contributed by atoms with van der Waals surface area (Å²) in [6.45, 7) is 7.96. The topological polar surface area (TPSA) is 44.8 Å². The predicted octanol–water partition coefficient (Wildman–Crippen LogP) is 8.22. The minimum atomic E-state index is -0.376. The Hall–Kier alpha value is -3.01. The molecule has 1 unspecified atom stereocenters. The summed E-state index contributed by atoms with van der Waals surface area (Å²) in [6, 6.07) is 18.8. The Morgan fingerprint density at radius 3 is 2.15 bits per heavy atom. The standard InChI is InChI=1S/C30H38O4/c1-4-6-7-8-9-10-19-32-29-14-13-24-20-26(12-11-25(24)21-29)30(31)34-28-17-15-27(16-18-28)33-22-23(3)5-2/h11-18,20-21,23H,4-10,19,22H2,1-3H3. The van der Waals surface area contributed by atoms with E-state index < -0.39 is 0 Å². The fourth-order valence-corrected chi connectivity index (χ4v) is 3.64. The van der Waals surface area contributed by atoms with Gasteiger partial charge in [-0.1, -0.05) is 71.4 Å². The molecule has 3 aromatic carbocycles. The Morgan fingerprint density at radius 1 is 0.735 bits per heavy atom. The van der Waals surface area contributed by atoms with E-state index in [0.29, 0.717) is 23.8 Å². The number of hydrogen-bond acceptors (Lipinski definition) is 4. The van der Waals surface area contributed by atoms with Gasteiger partial charge in [0.25, 0.3) is 0 Å². The third-order valence-corrected chi connectivity index (χ3v) is 6.08. The molecule has 0 N–H and O–H groups in total. The second-order valence-electron chi connectivity index (χ2n) is 9.03. The van der Waals surface area contributed by atoms with Crippen LogP contribution < -0.4 is 14.2 Å². The summed E-state index contributed by atoms with van der Waals surface area (Å²) in [5.41, 5.74) is 0.519. The Kier molecular flexibility index (Phi) is 10.3. The van der Waals surface area contributed by atoms with Crippen LogP contribution in [0.15, 0.2) is 60.7 Å². The van der Waals surface area contributed by atoms with Crippen molar-refractivity contribution in [2.45, 2.75) is 65.7 Å². The van der Waals surface area contributed by atoms with Crippen molar-refractivity contribution < 1.29 is 19.0 Å². The van der Waals surface area contributed by atoms with Gasteiger partial charge in [0, 0.05) is 0 Å². The lowest BCUT2D eigenvalue weighted by molar-refractivity contribution is 0.0734. The van der Waals surface area contributed by atoms with Crippen LogP contribution in [0.1, 0.15) is 76.1 Å². The predicted molar refractivity (Wildman–Crippen MR) is 139 cm³/mol. The molecule has 4 heteroatoms. The Bertz CT molecular complexity index is 1030. The molecule has 0 aromatic heterocycles. The number of unbranched alkanes of at least 4 members (excludes halogenated alkanes) is 5. The number of carbonyl (C=O) groups excluding carboxylic acids is 1. The van der Waals surface area contributed by atoms with Crippen molar-refractivity contribution in [2.75, 3.05) is 13.2 Å². The van der Waals surface area contributed by atoms with Crippen LogP contribution >= 0.6 is 0 Å². The number of esters is 1. The largest absolute Gasteiger partial charge is 0.494 e. The van der Waals surface area contributed by atoms with Gasteiger partial charge in [-0.05, 0) is 71.6 Å². The normalized spacial score (nSPS) is 11.9. The monoisotopic (exact) mass is 462 g/mol. The first kappa shape index (κ1) is 25.6. The van der Waals surface area contributed by atoms with Crippen LogP contribution in [0, 0.1) is 5.92 Å². The summed E-state index contributed by atoms with van der Waals surface area (Å²) in [5.74, 6) is 2.28. The van der Waals surface area contributed by atoms with Gasteiger partial charge in [0.15, 0.2) is 0 Å². The molecule has 3 rings (SSSR count). The average molecular weight is 463 g/mol. The molecule has 0 saturated carbocycles. The summed E-state index contributed by atoms with van der Waals surface area (Å²) in [7, 11) is 0. The number of fused-ring (bicyclic) bond motifs is 1. The fourth-order valence-electron chi connectivity index (χ4n) is 3.64. The molecule has 0 aliphatic heterocycles. The first-order chi connectivity index (χ1) is 16.6. The average Bonchev–Trinajstić information content (AvgIpc) is 2.87. The Morgan fingerprint density at radius 2 is 1.38 bits per heavy atom. The molecule has 0 radical (unpaired) electrons. The molecule has 34 heavy (non-hydrogen) atoms. The number of rotatable bonds is 14. The maximum absolute atomic E-state index is 12.7. The zero-order valence-electron chi connectivity index (χ0n) is 20.8. The highest BCUT2D eigenvalue weighted by molar-refractivity contribution is 5.96. The van der Waals surface area contributed by atoms with Gasteiger partial charge in [0.2, 0.25) is 0 Å². The molecule has 0 spiro atoms. The van der Waals surface area contributed by atoms with Crippen LogP contribution in [-0.2, 0) is 0 Å². The van der Waals surface area contributed by atoms with E-state index in [1.807, 2.05) is 42.5 Å². The van der Waals surface area contributed by atoms with Crippen LogP contribution in [-0.4, -0.2) is 19.2 Å². The quantitative estimate of drug-likeness (QED) is 0.137. The van der Waals surface area contributed by atoms with Gasteiger partial charge in [0.05, 0.1) is 18.8 Å². The van der Waals surface area contributed by atoms with Crippen LogP contribution in [0.25, 0.3) is 10.8 Å². The van der Waals surface area contributed by atoms with E-state index >= 15 is 0 Å². The lowest BCUT2D eigenvalue weighted by Crippen LogP contribution is -2.09. The number of hydrogen-bond donors (Lipinski definition) is 0. The van der Waals surface area contributed by atoms with Crippen molar-refractivity contribution >= 4 is 16.7 Å². The molecule has 0 bridgehead atoms. The third kappa shape index (κ3) is 8.09. The van der Waals surface area contributed by atoms with Crippen molar-refractivity contribution in [2.24, 2.45) is 5.92 Å². The smallest absolute Gasteiger partial charge is 0.343 e. The van der Waals surface area contributed by atoms with Gasteiger partial charge in [-0.25, -0.2) is 4.79 Å². The highest BCUT2D eigenvalue weighted by Crippen LogP contribution is 2.24. The van der Waals surface area contributed by atoms with Crippen molar-refractivity contribution in [3.63, 3.8) is 0 Å². The van der Waals surface area contributed by atoms with E-state index in [4.69, 9.17) is 14.2 Å². The van der Waals surface area contributed by atoms with Crippen molar-refractivity contribution in [3.05, 3.63) is 66.2 Å². The molecule has 0 saturated heterocycles. The second kappa shape index (κ2) is 13.6. The first-order valence-corrected chi connectivity index (χ1v) is 12.7. The molecule has 0 aliphatic rings. The van der Waals surface area contributed by atoms with Crippen molar-refractivity contribution in [3.8, 4) is 17.2 Å². The summed E-state index contributed by atoms with van der Waals surface area (Å²) in [6.07, 6.45) is 8.56. The Balaban J connectivity index is 1.51. The van der Waals surface area contributed by atoms with Crippen molar-refractivity contribution in [1.82, 2.24) is 0 Å². The molecular weight excluding hydrogens is 424 g/mol. The minimum Gasteiger partial charge on any atom is -0.494 e.